The highest BCUT2D eigenvalue weighted by Crippen LogP contribution is 2.53. The van der Waals surface area contributed by atoms with E-state index in [1.54, 1.807) is 0 Å². The van der Waals surface area contributed by atoms with Crippen molar-refractivity contribution in [3.05, 3.63) is 59.2 Å². The standard InChI is InChI=1S/C30H36Cl2N2O3/c1-30-13-12-25-24-9-7-23(19-21(24)4-8-26(25)27(30)10-11-28(35)33-30)37-29(36)18-20-2-5-22(6-3-20)34(16-14-31)17-15-32/h2-3,5-7,9,19,25-27H,4,8,10-18H2,1H3,(H,33,35)/t25-,26-,27+,30+/m1/s1. The van der Waals surface area contributed by atoms with E-state index in [4.69, 9.17) is 27.9 Å². The maximum atomic E-state index is 12.7. The largest absolute Gasteiger partial charge is 0.426 e. The number of alkyl halides is 2. The molecule has 2 aromatic carbocycles. The van der Waals surface area contributed by atoms with Crippen LogP contribution in [0.5, 0.6) is 5.75 Å². The molecule has 1 aliphatic heterocycles. The lowest BCUT2D eigenvalue weighted by Gasteiger charge is -2.54. The first-order valence-corrected chi connectivity index (χ1v) is 14.6. The molecule has 0 spiro atoms. The molecular formula is C30H36Cl2N2O3. The molecular weight excluding hydrogens is 507 g/mol. The molecule has 1 saturated heterocycles. The molecule has 7 heteroatoms. The van der Waals surface area contributed by atoms with Crippen molar-refractivity contribution in [2.24, 2.45) is 11.8 Å². The fraction of sp³-hybridized carbons (Fsp3) is 0.533. The first-order valence-electron chi connectivity index (χ1n) is 13.5. The second-order valence-electron chi connectivity index (χ2n) is 11.0. The summed E-state index contributed by atoms with van der Waals surface area (Å²) in [4.78, 5) is 26.9. The summed E-state index contributed by atoms with van der Waals surface area (Å²) in [5, 5.41) is 3.31. The number of aryl methyl sites for hydroxylation is 1. The van der Waals surface area contributed by atoms with E-state index in [2.05, 4.69) is 29.3 Å². The van der Waals surface area contributed by atoms with E-state index in [0.717, 1.165) is 56.4 Å². The number of anilines is 1. The Labute approximate surface area is 229 Å². The predicted octanol–water partition coefficient (Wildman–Crippen LogP) is 5.84. The predicted molar refractivity (Wildman–Crippen MR) is 149 cm³/mol. The molecule has 0 unspecified atom stereocenters. The Balaban J connectivity index is 1.22. The molecule has 5 rings (SSSR count). The summed E-state index contributed by atoms with van der Waals surface area (Å²) in [7, 11) is 0. The summed E-state index contributed by atoms with van der Waals surface area (Å²) in [5.74, 6) is 3.31. The summed E-state index contributed by atoms with van der Waals surface area (Å²) in [6.45, 7) is 3.70. The lowest BCUT2D eigenvalue weighted by molar-refractivity contribution is -0.133. The SMILES string of the molecule is C[C@]12CC[C@@H]3c4ccc(OC(=O)Cc5ccc(N(CCCl)CCCl)cc5)cc4CC[C@H]3[C@@H]1CCC(=O)N2. The number of halogens is 2. The first-order chi connectivity index (χ1) is 17.9. The second-order valence-corrected chi connectivity index (χ2v) is 11.8. The van der Waals surface area contributed by atoms with E-state index in [9.17, 15) is 9.59 Å². The molecule has 0 bridgehead atoms. The minimum absolute atomic E-state index is 0.0613. The summed E-state index contributed by atoms with van der Waals surface area (Å²) < 4.78 is 5.76. The average Bonchev–Trinajstić information content (AvgIpc) is 2.88. The number of esters is 1. The second kappa shape index (κ2) is 11.2. The van der Waals surface area contributed by atoms with Crippen molar-refractivity contribution in [3.8, 4) is 5.75 Å². The van der Waals surface area contributed by atoms with Crippen molar-refractivity contribution in [2.45, 2.75) is 63.3 Å². The van der Waals surface area contributed by atoms with Gasteiger partial charge in [-0.3, -0.25) is 9.59 Å². The Morgan fingerprint density at radius 2 is 1.81 bits per heavy atom. The summed E-state index contributed by atoms with van der Waals surface area (Å²) >= 11 is 11.8. The molecule has 5 nitrogen and oxygen atoms in total. The Morgan fingerprint density at radius 1 is 1.05 bits per heavy atom. The third-order valence-corrected chi connectivity index (χ3v) is 9.12. The number of rotatable bonds is 8. The smallest absolute Gasteiger partial charge is 0.315 e. The molecule has 198 valence electrons. The average molecular weight is 544 g/mol. The van der Waals surface area contributed by atoms with Crippen molar-refractivity contribution >= 4 is 40.8 Å². The Morgan fingerprint density at radius 3 is 2.54 bits per heavy atom. The van der Waals surface area contributed by atoms with E-state index in [0.29, 0.717) is 41.7 Å². The maximum absolute atomic E-state index is 12.7. The van der Waals surface area contributed by atoms with Gasteiger partial charge in [-0.05, 0) is 97.7 Å². The number of amides is 1. The quantitative estimate of drug-likeness (QED) is 0.258. The van der Waals surface area contributed by atoms with Crippen LogP contribution < -0.4 is 15.0 Å². The van der Waals surface area contributed by atoms with Crippen LogP contribution in [0.3, 0.4) is 0 Å². The molecule has 1 saturated carbocycles. The minimum atomic E-state index is -0.258. The van der Waals surface area contributed by atoms with Gasteiger partial charge in [-0.2, -0.15) is 0 Å². The van der Waals surface area contributed by atoms with Crippen molar-refractivity contribution in [1.82, 2.24) is 5.32 Å². The highest BCUT2D eigenvalue weighted by molar-refractivity contribution is 6.18. The highest BCUT2D eigenvalue weighted by Gasteiger charge is 2.50. The van der Waals surface area contributed by atoms with Gasteiger partial charge in [0.2, 0.25) is 5.91 Å². The van der Waals surface area contributed by atoms with Crippen LogP contribution in [0.4, 0.5) is 5.69 Å². The van der Waals surface area contributed by atoms with E-state index in [1.165, 1.54) is 11.1 Å². The molecule has 0 radical (unpaired) electrons. The van der Waals surface area contributed by atoms with Gasteiger partial charge in [0, 0.05) is 42.5 Å². The molecule has 1 heterocycles. The number of piperidine rings is 1. The minimum Gasteiger partial charge on any atom is -0.426 e. The van der Waals surface area contributed by atoms with Gasteiger partial charge in [0.15, 0.2) is 0 Å². The summed E-state index contributed by atoms with van der Waals surface area (Å²) in [6, 6.07) is 14.1. The normalized spacial score (nSPS) is 26.4. The number of fused-ring (bicyclic) bond motifs is 5. The fourth-order valence-electron chi connectivity index (χ4n) is 7.03. The van der Waals surface area contributed by atoms with Crippen LogP contribution in [-0.2, 0) is 22.4 Å². The lowest BCUT2D eigenvalue weighted by atomic mass is 9.55. The molecule has 1 amide bonds. The van der Waals surface area contributed by atoms with Gasteiger partial charge >= 0.3 is 5.97 Å². The number of ether oxygens (including phenoxy) is 1. The van der Waals surface area contributed by atoms with E-state index < -0.39 is 0 Å². The van der Waals surface area contributed by atoms with Gasteiger partial charge in [0.25, 0.3) is 0 Å². The van der Waals surface area contributed by atoms with E-state index in [-0.39, 0.29) is 23.8 Å². The summed E-state index contributed by atoms with van der Waals surface area (Å²) in [6.07, 6.45) is 6.09. The molecule has 2 fully saturated rings. The van der Waals surface area contributed by atoms with Gasteiger partial charge in [0.1, 0.15) is 5.75 Å². The topological polar surface area (TPSA) is 58.6 Å². The molecule has 2 aromatic rings. The van der Waals surface area contributed by atoms with Crippen LogP contribution in [0.1, 0.15) is 61.6 Å². The zero-order valence-corrected chi connectivity index (χ0v) is 23.0. The van der Waals surface area contributed by atoms with E-state index >= 15 is 0 Å². The molecule has 4 atom stereocenters. The van der Waals surface area contributed by atoms with Crippen LogP contribution in [0, 0.1) is 11.8 Å². The zero-order chi connectivity index (χ0) is 26.0. The van der Waals surface area contributed by atoms with Crippen molar-refractivity contribution in [1.29, 1.82) is 0 Å². The summed E-state index contributed by atoms with van der Waals surface area (Å²) in [5.41, 5.74) is 4.61. The maximum Gasteiger partial charge on any atom is 0.315 e. The van der Waals surface area contributed by atoms with Crippen molar-refractivity contribution in [2.75, 3.05) is 29.7 Å². The number of carbonyl (C=O) groups excluding carboxylic acids is 2. The highest BCUT2D eigenvalue weighted by atomic mass is 35.5. The van der Waals surface area contributed by atoms with Crippen LogP contribution in [0.15, 0.2) is 42.5 Å². The Kier molecular flexibility index (Phi) is 8.02. The van der Waals surface area contributed by atoms with Gasteiger partial charge < -0.3 is 15.0 Å². The Bertz CT molecular complexity index is 1130. The fourth-order valence-corrected chi connectivity index (χ4v) is 7.44. The van der Waals surface area contributed by atoms with Crippen LogP contribution in [0.25, 0.3) is 0 Å². The molecule has 3 aliphatic rings. The van der Waals surface area contributed by atoms with Crippen LogP contribution in [0.2, 0.25) is 0 Å². The van der Waals surface area contributed by atoms with Gasteiger partial charge in [-0.15, -0.1) is 23.2 Å². The monoisotopic (exact) mass is 542 g/mol. The van der Waals surface area contributed by atoms with Gasteiger partial charge in [-0.25, -0.2) is 0 Å². The van der Waals surface area contributed by atoms with Crippen molar-refractivity contribution < 1.29 is 14.3 Å². The number of hydrogen-bond acceptors (Lipinski definition) is 4. The molecule has 0 aromatic heterocycles. The lowest BCUT2D eigenvalue weighted by Crippen LogP contribution is -2.60. The number of hydrogen-bond donors (Lipinski definition) is 1. The van der Waals surface area contributed by atoms with E-state index in [1.807, 2.05) is 30.3 Å². The number of nitrogens with one attached hydrogen (secondary N) is 1. The number of nitrogens with zero attached hydrogens (tertiary/aromatic N) is 1. The van der Waals surface area contributed by atoms with Gasteiger partial charge in [0.05, 0.1) is 6.42 Å². The zero-order valence-electron chi connectivity index (χ0n) is 21.5. The number of benzene rings is 2. The van der Waals surface area contributed by atoms with Crippen molar-refractivity contribution in [3.63, 3.8) is 0 Å². The first kappa shape index (κ1) is 26.4. The third kappa shape index (κ3) is 5.63. The molecule has 2 aliphatic carbocycles. The Hall–Kier alpha value is -2.24. The van der Waals surface area contributed by atoms with Gasteiger partial charge in [-0.1, -0.05) is 18.2 Å². The molecule has 1 N–H and O–H groups in total. The number of carbonyl (C=O) groups is 2. The van der Waals surface area contributed by atoms with Crippen LogP contribution in [-0.4, -0.2) is 42.3 Å². The molecule has 37 heavy (non-hydrogen) atoms. The third-order valence-electron chi connectivity index (χ3n) is 8.79. The van der Waals surface area contributed by atoms with Crippen LogP contribution >= 0.6 is 23.2 Å².